The average Bonchev–Trinajstić information content (AvgIpc) is 3.30. The van der Waals surface area contributed by atoms with Gasteiger partial charge in [-0.2, -0.15) is 0 Å². The van der Waals surface area contributed by atoms with Gasteiger partial charge in [0.05, 0.1) is 40.0 Å². The molecule has 0 N–H and O–H groups in total. The number of thiazole rings is 1. The van der Waals surface area contributed by atoms with Gasteiger partial charge in [-0.25, -0.2) is 9.79 Å². The third-order valence-electron chi connectivity index (χ3n) is 6.69. The van der Waals surface area contributed by atoms with E-state index in [1.54, 1.807) is 4.57 Å². The first-order valence-corrected chi connectivity index (χ1v) is 15.8. The molecule has 1 aromatic heterocycles. The van der Waals surface area contributed by atoms with Crippen LogP contribution in [-0.2, 0) is 16.1 Å². The monoisotopic (exact) mass is 710 g/mol. The highest BCUT2D eigenvalue weighted by molar-refractivity contribution is 9.10. The number of fused-ring (bicyclic) bond motifs is 1. The first-order valence-electron chi connectivity index (χ1n) is 13.4. The van der Waals surface area contributed by atoms with E-state index < -0.39 is 12.0 Å². The molecule has 216 valence electrons. The number of benzene rings is 3. The molecule has 5 rings (SSSR count). The van der Waals surface area contributed by atoms with Crippen molar-refractivity contribution in [1.29, 1.82) is 0 Å². The number of methoxy groups -OCH3 is 1. The SMILES string of the molecule is CCOc1cc(/C=c2\sc3n(c2=O)[C@@H](c2ccccc2)C(C(=O)OC)=C(CC)N=3)cc(Br)c1OCc1ccc(Br)cc1. The summed E-state index contributed by atoms with van der Waals surface area (Å²) in [5.74, 6) is 0.645. The minimum absolute atomic E-state index is 0.242. The summed E-state index contributed by atoms with van der Waals surface area (Å²) in [6.07, 6.45) is 2.33. The first-order chi connectivity index (χ1) is 20.3. The number of hydrogen-bond acceptors (Lipinski definition) is 7. The maximum absolute atomic E-state index is 13.9. The number of rotatable bonds is 9. The van der Waals surface area contributed by atoms with Gasteiger partial charge >= 0.3 is 5.97 Å². The molecule has 0 saturated heterocycles. The quantitative estimate of drug-likeness (QED) is 0.191. The minimum Gasteiger partial charge on any atom is -0.490 e. The molecule has 0 spiro atoms. The fraction of sp³-hybridized carbons (Fsp3) is 0.219. The van der Waals surface area contributed by atoms with E-state index in [0.717, 1.165) is 21.2 Å². The molecule has 4 aromatic rings. The Labute approximate surface area is 264 Å². The lowest BCUT2D eigenvalue weighted by Crippen LogP contribution is -2.40. The molecule has 0 amide bonds. The normalized spacial score (nSPS) is 14.8. The van der Waals surface area contributed by atoms with Gasteiger partial charge in [0.1, 0.15) is 6.61 Å². The van der Waals surface area contributed by atoms with Gasteiger partial charge < -0.3 is 14.2 Å². The van der Waals surface area contributed by atoms with Crippen LogP contribution >= 0.6 is 43.2 Å². The van der Waals surface area contributed by atoms with Crippen LogP contribution in [0.2, 0.25) is 0 Å². The second kappa shape index (κ2) is 13.2. The van der Waals surface area contributed by atoms with Crippen molar-refractivity contribution in [3.63, 3.8) is 0 Å². The van der Waals surface area contributed by atoms with Gasteiger partial charge in [0.25, 0.3) is 5.56 Å². The van der Waals surface area contributed by atoms with E-state index in [4.69, 9.17) is 19.2 Å². The van der Waals surface area contributed by atoms with Gasteiger partial charge in [0.2, 0.25) is 0 Å². The molecule has 1 aliphatic rings. The zero-order chi connectivity index (χ0) is 29.8. The summed E-state index contributed by atoms with van der Waals surface area (Å²) in [5.41, 5.74) is 3.32. The van der Waals surface area contributed by atoms with E-state index in [2.05, 4.69) is 31.9 Å². The Kier molecular flexibility index (Phi) is 9.45. The van der Waals surface area contributed by atoms with Crippen LogP contribution in [-0.4, -0.2) is 24.3 Å². The fourth-order valence-corrected chi connectivity index (χ4v) is 6.64. The first kappa shape index (κ1) is 30.0. The largest absolute Gasteiger partial charge is 0.490 e. The molecule has 0 unspecified atom stereocenters. The zero-order valence-corrected chi connectivity index (χ0v) is 27.2. The van der Waals surface area contributed by atoms with E-state index in [1.165, 1.54) is 18.4 Å². The van der Waals surface area contributed by atoms with Gasteiger partial charge in [-0.3, -0.25) is 9.36 Å². The molecule has 10 heteroatoms. The zero-order valence-electron chi connectivity index (χ0n) is 23.2. The number of esters is 1. The van der Waals surface area contributed by atoms with Crippen molar-refractivity contribution in [2.45, 2.75) is 32.9 Å². The molecule has 2 heterocycles. The van der Waals surface area contributed by atoms with E-state index in [1.807, 2.05) is 86.7 Å². The van der Waals surface area contributed by atoms with E-state index in [9.17, 15) is 9.59 Å². The Hall–Kier alpha value is -3.47. The molecule has 7 nitrogen and oxygen atoms in total. The molecule has 1 aliphatic heterocycles. The van der Waals surface area contributed by atoms with Crippen molar-refractivity contribution < 1.29 is 19.0 Å². The number of halogens is 2. The second-order valence-electron chi connectivity index (χ2n) is 9.38. The Bertz CT molecular complexity index is 1830. The molecule has 0 aliphatic carbocycles. The van der Waals surface area contributed by atoms with Crippen LogP contribution in [0.25, 0.3) is 6.08 Å². The Morgan fingerprint density at radius 1 is 1.05 bits per heavy atom. The topological polar surface area (TPSA) is 79.1 Å². The lowest BCUT2D eigenvalue weighted by Gasteiger charge is -2.25. The Morgan fingerprint density at radius 2 is 1.79 bits per heavy atom. The summed E-state index contributed by atoms with van der Waals surface area (Å²) in [4.78, 5) is 32.2. The highest BCUT2D eigenvalue weighted by Gasteiger charge is 2.33. The summed E-state index contributed by atoms with van der Waals surface area (Å²) in [6.45, 7) is 4.65. The third-order valence-corrected chi connectivity index (χ3v) is 8.79. The van der Waals surface area contributed by atoms with E-state index in [0.29, 0.717) is 56.2 Å². The van der Waals surface area contributed by atoms with Crippen molar-refractivity contribution >= 4 is 55.2 Å². The Morgan fingerprint density at radius 3 is 2.45 bits per heavy atom. The maximum atomic E-state index is 13.9. The number of nitrogens with zero attached hydrogens (tertiary/aromatic N) is 2. The van der Waals surface area contributed by atoms with Crippen LogP contribution in [0.1, 0.15) is 43.0 Å². The Balaban J connectivity index is 1.59. The summed E-state index contributed by atoms with van der Waals surface area (Å²) >= 11 is 8.38. The molecule has 42 heavy (non-hydrogen) atoms. The van der Waals surface area contributed by atoms with Gasteiger partial charge in [-0.05, 0) is 76.3 Å². The van der Waals surface area contributed by atoms with Gasteiger partial charge in [0.15, 0.2) is 16.3 Å². The summed E-state index contributed by atoms with van der Waals surface area (Å²) in [5, 5.41) is 0. The molecule has 3 aromatic carbocycles. The molecule has 0 bridgehead atoms. The van der Waals surface area contributed by atoms with Gasteiger partial charge in [0, 0.05) is 4.47 Å². The average molecular weight is 712 g/mol. The third kappa shape index (κ3) is 6.16. The predicted octanol–water partition coefficient (Wildman–Crippen LogP) is 6.30. The van der Waals surface area contributed by atoms with Crippen LogP contribution in [0.5, 0.6) is 11.5 Å². The molecule has 0 saturated carbocycles. The molecule has 0 radical (unpaired) electrons. The van der Waals surface area contributed by atoms with Crippen molar-refractivity contribution in [1.82, 2.24) is 4.57 Å². The molecular formula is C32H28Br2N2O5S. The van der Waals surface area contributed by atoms with Crippen molar-refractivity contribution in [2.75, 3.05) is 13.7 Å². The molecule has 0 fully saturated rings. The van der Waals surface area contributed by atoms with E-state index in [-0.39, 0.29) is 5.56 Å². The smallest absolute Gasteiger partial charge is 0.338 e. The lowest BCUT2D eigenvalue weighted by atomic mass is 9.95. The summed E-state index contributed by atoms with van der Waals surface area (Å²) < 4.78 is 21.0. The van der Waals surface area contributed by atoms with Crippen LogP contribution in [0.4, 0.5) is 0 Å². The fourth-order valence-electron chi connectivity index (χ4n) is 4.78. The van der Waals surface area contributed by atoms with Gasteiger partial charge in [-0.15, -0.1) is 0 Å². The standard InChI is InChI=1S/C32H28Br2N2O5S/c1-4-24-27(31(38)39-3)28(21-9-7-6-8-10-21)36-30(37)26(42-32(36)35-24)17-20-15-23(34)29(25(16-20)40-5-2)41-18-19-11-13-22(33)14-12-19/h6-17,28H,4-5,18H2,1-3H3/b26-17-/t28-/m0/s1. The van der Waals surface area contributed by atoms with Crippen molar-refractivity contribution in [3.05, 3.63) is 123 Å². The number of aromatic nitrogens is 1. The summed E-state index contributed by atoms with van der Waals surface area (Å²) in [7, 11) is 1.34. The van der Waals surface area contributed by atoms with Crippen LogP contribution in [0, 0.1) is 0 Å². The second-order valence-corrected chi connectivity index (χ2v) is 12.2. The summed E-state index contributed by atoms with van der Waals surface area (Å²) in [6, 6.07) is 20.5. The van der Waals surface area contributed by atoms with Crippen LogP contribution in [0.3, 0.4) is 0 Å². The minimum atomic E-state index is -0.646. The molecule has 1 atom stereocenters. The maximum Gasteiger partial charge on any atom is 0.338 e. The van der Waals surface area contributed by atoms with Gasteiger partial charge in [-0.1, -0.05) is 76.7 Å². The predicted molar refractivity (Wildman–Crippen MR) is 171 cm³/mol. The number of hydrogen-bond donors (Lipinski definition) is 0. The number of carbonyl (C=O) groups excluding carboxylic acids is 1. The van der Waals surface area contributed by atoms with Crippen LogP contribution in [0.15, 0.2) is 96.7 Å². The number of ether oxygens (including phenoxy) is 3. The molecular weight excluding hydrogens is 684 g/mol. The van der Waals surface area contributed by atoms with Crippen LogP contribution < -0.4 is 24.4 Å². The van der Waals surface area contributed by atoms with Crippen molar-refractivity contribution in [2.24, 2.45) is 4.99 Å². The number of allylic oxidation sites excluding steroid dienone is 1. The highest BCUT2D eigenvalue weighted by atomic mass is 79.9. The van der Waals surface area contributed by atoms with Crippen molar-refractivity contribution in [3.8, 4) is 11.5 Å². The highest BCUT2D eigenvalue weighted by Crippen LogP contribution is 2.38. The number of carbonyl (C=O) groups is 1. The lowest BCUT2D eigenvalue weighted by molar-refractivity contribution is -0.136. The van der Waals surface area contributed by atoms with E-state index >= 15 is 0 Å².